The summed E-state index contributed by atoms with van der Waals surface area (Å²) >= 11 is 0. The Bertz CT molecular complexity index is 570. The molecule has 0 aliphatic carbocycles. The van der Waals surface area contributed by atoms with E-state index in [-0.39, 0.29) is 0 Å². The van der Waals surface area contributed by atoms with E-state index in [1.165, 1.54) is 18.4 Å². The molecule has 2 aromatic rings. The second-order valence-electron chi connectivity index (χ2n) is 5.84. The van der Waals surface area contributed by atoms with Crippen LogP contribution in [0.5, 0.6) is 0 Å². The summed E-state index contributed by atoms with van der Waals surface area (Å²) in [5, 5.41) is 4.10. The number of nitrogens with zero attached hydrogens (tertiary/aromatic N) is 3. The molecule has 1 aliphatic rings. The van der Waals surface area contributed by atoms with Gasteiger partial charge in [-0.1, -0.05) is 22.9 Å². The van der Waals surface area contributed by atoms with Gasteiger partial charge in [0.1, 0.15) is 0 Å². The molecule has 1 saturated heterocycles. The van der Waals surface area contributed by atoms with Gasteiger partial charge in [-0.2, -0.15) is 4.98 Å². The van der Waals surface area contributed by atoms with Crippen LogP contribution in [0.3, 0.4) is 0 Å². The van der Waals surface area contributed by atoms with E-state index in [1.54, 1.807) is 0 Å². The van der Waals surface area contributed by atoms with Crippen molar-refractivity contribution < 1.29 is 4.52 Å². The Morgan fingerprint density at radius 1 is 1.24 bits per heavy atom. The van der Waals surface area contributed by atoms with E-state index in [2.05, 4.69) is 34.1 Å². The summed E-state index contributed by atoms with van der Waals surface area (Å²) in [4.78, 5) is 6.87. The van der Waals surface area contributed by atoms with Crippen LogP contribution in [-0.2, 0) is 6.54 Å². The average molecular weight is 286 g/mol. The largest absolute Gasteiger partial charge is 0.334 e. The summed E-state index contributed by atoms with van der Waals surface area (Å²) in [6.45, 7) is 5.75. The normalized spacial score (nSPS) is 17.2. The molecule has 0 spiro atoms. The molecule has 1 aromatic heterocycles. The molecule has 21 heavy (non-hydrogen) atoms. The van der Waals surface area contributed by atoms with Crippen molar-refractivity contribution in [3.05, 3.63) is 35.7 Å². The summed E-state index contributed by atoms with van der Waals surface area (Å²) in [5.41, 5.74) is 7.92. The van der Waals surface area contributed by atoms with E-state index in [1.807, 2.05) is 12.1 Å². The molecule has 3 rings (SSSR count). The summed E-state index contributed by atoms with van der Waals surface area (Å²) in [7, 11) is 0. The van der Waals surface area contributed by atoms with Gasteiger partial charge >= 0.3 is 0 Å². The molecule has 0 atom stereocenters. The minimum atomic E-state index is 0.599. The lowest BCUT2D eigenvalue weighted by Crippen LogP contribution is -2.35. The first-order valence-corrected chi connectivity index (χ1v) is 7.56. The zero-order valence-electron chi connectivity index (χ0n) is 12.5. The first kappa shape index (κ1) is 14.2. The number of nitrogens with two attached hydrogens (primary N) is 1. The molecule has 0 bridgehead atoms. The number of piperidine rings is 1. The highest BCUT2D eigenvalue weighted by molar-refractivity contribution is 5.53. The van der Waals surface area contributed by atoms with E-state index >= 15 is 0 Å². The SMILES string of the molecule is Cc1ccc(-c2nc(CN3CCC(CN)CC3)no2)cc1. The van der Waals surface area contributed by atoms with Gasteiger partial charge in [0.15, 0.2) is 5.82 Å². The van der Waals surface area contributed by atoms with Gasteiger partial charge < -0.3 is 10.3 Å². The van der Waals surface area contributed by atoms with Gasteiger partial charge in [-0.15, -0.1) is 0 Å². The van der Waals surface area contributed by atoms with Gasteiger partial charge in [0, 0.05) is 5.56 Å². The third kappa shape index (κ3) is 3.49. The average Bonchev–Trinajstić information content (AvgIpc) is 2.97. The van der Waals surface area contributed by atoms with Crippen LogP contribution in [0.4, 0.5) is 0 Å². The molecule has 0 unspecified atom stereocenters. The predicted octanol–water partition coefficient (Wildman–Crippen LogP) is 2.22. The number of hydrogen-bond acceptors (Lipinski definition) is 5. The van der Waals surface area contributed by atoms with Gasteiger partial charge in [0.25, 0.3) is 5.89 Å². The lowest BCUT2D eigenvalue weighted by molar-refractivity contribution is 0.175. The van der Waals surface area contributed by atoms with Crippen LogP contribution < -0.4 is 5.73 Å². The van der Waals surface area contributed by atoms with E-state index in [4.69, 9.17) is 10.3 Å². The minimum absolute atomic E-state index is 0.599. The molecule has 5 heteroatoms. The van der Waals surface area contributed by atoms with Crippen LogP contribution in [0.15, 0.2) is 28.8 Å². The zero-order valence-corrected chi connectivity index (χ0v) is 12.5. The van der Waals surface area contributed by atoms with Crippen molar-refractivity contribution in [1.82, 2.24) is 15.0 Å². The Morgan fingerprint density at radius 3 is 2.62 bits per heavy atom. The molecule has 1 fully saturated rings. The maximum Gasteiger partial charge on any atom is 0.257 e. The molecule has 5 nitrogen and oxygen atoms in total. The summed E-state index contributed by atoms with van der Waals surface area (Å²) < 4.78 is 5.37. The van der Waals surface area contributed by atoms with Crippen LogP contribution >= 0.6 is 0 Å². The van der Waals surface area contributed by atoms with E-state index in [0.717, 1.165) is 37.6 Å². The maximum atomic E-state index is 5.72. The van der Waals surface area contributed by atoms with Gasteiger partial charge in [-0.25, -0.2) is 0 Å². The maximum absolute atomic E-state index is 5.72. The summed E-state index contributed by atoms with van der Waals surface area (Å²) in [6, 6.07) is 8.13. The third-order valence-corrected chi connectivity index (χ3v) is 4.17. The molecular weight excluding hydrogens is 264 g/mol. The van der Waals surface area contributed by atoms with Gasteiger partial charge in [0.05, 0.1) is 6.54 Å². The van der Waals surface area contributed by atoms with Crippen molar-refractivity contribution in [3.63, 3.8) is 0 Å². The summed E-state index contributed by atoms with van der Waals surface area (Å²) in [6.07, 6.45) is 2.33. The Balaban J connectivity index is 1.62. The fourth-order valence-corrected chi connectivity index (χ4v) is 2.71. The molecule has 2 N–H and O–H groups in total. The van der Waals surface area contributed by atoms with Crippen LogP contribution in [0.25, 0.3) is 11.5 Å². The first-order chi connectivity index (χ1) is 10.2. The molecule has 2 heterocycles. The van der Waals surface area contributed by atoms with Crippen molar-refractivity contribution in [1.29, 1.82) is 0 Å². The lowest BCUT2D eigenvalue weighted by Gasteiger charge is -2.30. The fraction of sp³-hybridized carbons (Fsp3) is 0.500. The van der Waals surface area contributed by atoms with Crippen LogP contribution in [-0.4, -0.2) is 34.7 Å². The highest BCUT2D eigenvalue weighted by atomic mass is 16.5. The highest BCUT2D eigenvalue weighted by Gasteiger charge is 2.19. The highest BCUT2D eigenvalue weighted by Crippen LogP contribution is 2.20. The van der Waals surface area contributed by atoms with Crippen molar-refractivity contribution in [2.24, 2.45) is 11.7 Å². The topological polar surface area (TPSA) is 68.2 Å². The van der Waals surface area contributed by atoms with Crippen molar-refractivity contribution in [2.75, 3.05) is 19.6 Å². The smallest absolute Gasteiger partial charge is 0.257 e. The molecule has 0 radical (unpaired) electrons. The number of rotatable bonds is 4. The standard InChI is InChI=1S/C16H22N4O/c1-12-2-4-14(5-3-12)16-18-15(19-21-16)11-20-8-6-13(10-17)7-9-20/h2-5,13H,6-11,17H2,1H3. The zero-order chi connectivity index (χ0) is 14.7. The second-order valence-corrected chi connectivity index (χ2v) is 5.84. The monoisotopic (exact) mass is 286 g/mol. The number of benzene rings is 1. The Kier molecular flexibility index (Phi) is 4.31. The van der Waals surface area contributed by atoms with E-state index in [9.17, 15) is 0 Å². The van der Waals surface area contributed by atoms with Gasteiger partial charge in [-0.3, -0.25) is 4.90 Å². The Labute approximate surface area is 125 Å². The van der Waals surface area contributed by atoms with Crippen LogP contribution in [0.2, 0.25) is 0 Å². The first-order valence-electron chi connectivity index (χ1n) is 7.56. The quantitative estimate of drug-likeness (QED) is 0.933. The Hall–Kier alpha value is -1.72. The van der Waals surface area contributed by atoms with Crippen molar-refractivity contribution >= 4 is 0 Å². The minimum Gasteiger partial charge on any atom is -0.334 e. The fourth-order valence-electron chi connectivity index (χ4n) is 2.71. The molecule has 0 saturated carbocycles. The van der Waals surface area contributed by atoms with E-state index in [0.29, 0.717) is 11.8 Å². The number of likely N-dealkylation sites (tertiary alicyclic amines) is 1. The Morgan fingerprint density at radius 2 is 1.95 bits per heavy atom. The number of aromatic nitrogens is 2. The third-order valence-electron chi connectivity index (χ3n) is 4.17. The molecule has 1 aliphatic heterocycles. The lowest BCUT2D eigenvalue weighted by atomic mass is 9.97. The van der Waals surface area contributed by atoms with Crippen LogP contribution in [0, 0.1) is 12.8 Å². The molecule has 1 aromatic carbocycles. The number of aryl methyl sites for hydroxylation is 1. The molecule has 112 valence electrons. The van der Waals surface area contributed by atoms with E-state index < -0.39 is 0 Å². The number of hydrogen-bond donors (Lipinski definition) is 1. The predicted molar refractivity (Wildman–Crippen MR) is 81.5 cm³/mol. The van der Waals surface area contributed by atoms with Gasteiger partial charge in [0.2, 0.25) is 0 Å². The van der Waals surface area contributed by atoms with Gasteiger partial charge in [-0.05, 0) is 57.5 Å². The second kappa shape index (κ2) is 6.37. The molecular formula is C16H22N4O. The molecule has 0 amide bonds. The van der Waals surface area contributed by atoms with Crippen LogP contribution in [0.1, 0.15) is 24.2 Å². The van der Waals surface area contributed by atoms with Crippen molar-refractivity contribution in [2.45, 2.75) is 26.3 Å². The summed E-state index contributed by atoms with van der Waals surface area (Å²) in [5.74, 6) is 2.04. The van der Waals surface area contributed by atoms with Crippen molar-refractivity contribution in [3.8, 4) is 11.5 Å².